The molecule has 1 aromatic carbocycles. The van der Waals surface area contributed by atoms with Gasteiger partial charge in [-0.05, 0) is 23.8 Å². The normalized spacial score (nSPS) is 15.0. The molecule has 0 radical (unpaired) electrons. The van der Waals surface area contributed by atoms with Crippen molar-refractivity contribution >= 4 is 58.0 Å². The van der Waals surface area contributed by atoms with E-state index in [1.807, 2.05) is 0 Å². The maximum absolute atomic E-state index is 11.0. The fourth-order valence-corrected chi connectivity index (χ4v) is 3.20. The Morgan fingerprint density at radius 2 is 1.71 bits per heavy atom. The lowest BCUT2D eigenvalue weighted by Gasteiger charge is -2.31. The fourth-order valence-electron chi connectivity index (χ4n) is 2.01. The van der Waals surface area contributed by atoms with Crippen molar-refractivity contribution in [2.24, 2.45) is 0 Å². The molecular formula is C12H10Cl5N3O. The SMILES string of the molecule is OC(Cc1nnc[nH]1)(CC(Cl)(Cl)Cl)c1cc(Cl)cc(Cl)c1. The molecule has 0 saturated heterocycles. The molecule has 114 valence electrons. The lowest BCUT2D eigenvalue weighted by molar-refractivity contribution is 0.0270. The number of hydrogen-bond acceptors (Lipinski definition) is 3. The molecule has 2 N–H and O–H groups in total. The lowest BCUT2D eigenvalue weighted by Crippen LogP contribution is -2.34. The Kier molecular flexibility index (Phi) is 5.29. The van der Waals surface area contributed by atoms with Gasteiger partial charge in [0, 0.05) is 22.9 Å². The summed E-state index contributed by atoms with van der Waals surface area (Å²) in [7, 11) is 0. The number of halogens is 5. The van der Waals surface area contributed by atoms with Gasteiger partial charge in [0.05, 0.1) is 0 Å². The van der Waals surface area contributed by atoms with E-state index >= 15 is 0 Å². The van der Waals surface area contributed by atoms with Crippen LogP contribution in [0.25, 0.3) is 0 Å². The van der Waals surface area contributed by atoms with Crippen LogP contribution in [-0.4, -0.2) is 24.1 Å². The van der Waals surface area contributed by atoms with Crippen LogP contribution in [0.2, 0.25) is 10.0 Å². The van der Waals surface area contributed by atoms with E-state index in [9.17, 15) is 5.11 Å². The number of aromatic amines is 1. The Balaban J connectivity index is 2.43. The van der Waals surface area contributed by atoms with E-state index in [0.717, 1.165) is 0 Å². The van der Waals surface area contributed by atoms with Gasteiger partial charge in [-0.2, -0.15) is 0 Å². The van der Waals surface area contributed by atoms with E-state index in [0.29, 0.717) is 21.4 Å². The average Bonchev–Trinajstić information content (AvgIpc) is 2.77. The largest absolute Gasteiger partial charge is 0.385 e. The van der Waals surface area contributed by atoms with Crippen molar-refractivity contribution in [1.29, 1.82) is 0 Å². The summed E-state index contributed by atoms with van der Waals surface area (Å²) in [5.41, 5.74) is -1.08. The first-order valence-corrected chi connectivity index (χ1v) is 7.68. The van der Waals surface area contributed by atoms with E-state index in [4.69, 9.17) is 58.0 Å². The van der Waals surface area contributed by atoms with Crippen molar-refractivity contribution in [3.63, 3.8) is 0 Å². The van der Waals surface area contributed by atoms with Crippen LogP contribution in [0.5, 0.6) is 0 Å². The maximum Gasteiger partial charge on any atom is 0.193 e. The summed E-state index contributed by atoms with van der Waals surface area (Å²) in [4.78, 5) is 2.80. The lowest BCUT2D eigenvalue weighted by atomic mass is 9.87. The quantitative estimate of drug-likeness (QED) is 0.767. The predicted octanol–water partition coefficient (Wildman–Crippen LogP) is 4.30. The summed E-state index contributed by atoms with van der Waals surface area (Å²) in [5.74, 6) is 0.447. The van der Waals surface area contributed by atoms with E-state index in [-0.39, 0.29) is 12.8 Å². The zero-order valence-electron chi connectivity index (χ0n) is 10.5. The molecule has 0 aliphatic rings. The molecule has 0 saturated carbocycles. The van der Waals surface area contributed by atoms with Crippen molar-refractivity contribution in [3.8, 4) is 0 Å². The highest BCUT2D eigenvalue weighted by Gasteiger charge is 2.39. The van der Waals surface area contributed by atoms with Crippen LogP contribution in [-0.2, 0) is 12.0 Å². The van der Waals surface area contributed by atoms with Crippen LogP contribution in [0.1, 0.15) is 17.8 Å². The Morgan fingerprint density at radius 1 is 1.10 bits per heavy atom. The summed E-state index contributed by atoms with van der Waals surface area (Å²) in [5, 5.41) is 19.2. The monoisotopic (exact) mass is 387 g/mol. The third kappa shape index (κ3) is 4.88. The number of aromatic nitrogens is 3. The molecule has 1 heterocycles. The number of benzene rings is 1. The van der Waals surface area contributed by atoms with Crippen LogP contribution < -0.4 is 0 Å². The molecule has 0 amide bonds. The Morgan fingerprint density at radius 3 is 2.19 bits per heavy atom. The second kappa shape index (κ2) is 6.49. The first-order valence-electron chi connectivity index (χ1n) is 5.79. The van der Waals surface area contributed by atoms with Gasteiger partial charge in [-0.3, -0.25) is 0 Å². The van der Waals surface area contributed by atoms with Gasteiger partial charge in [-0.25, -0.2) is 0 Å². The maximum atomic E-state index is 11.0. The number of nitrogens with one attached hydrogen (secondary N) is 1. The van der Waals surface area contributed by atoms with Gasteiger partial charge in [0.1, 0.15) is 17.8 Å². The van der Waals surface area contributed by atoms with Crippen LogP contribution in [0.3, 0.4) is 0 Å². The topological polar surface area (TPSA) is 61.8 Å². The van der Waals surface area contributed by atoms with Crippen LogP contribution in [0.4, 0.5) is 0 Å². The molecule has 0 fully saturated rings. The Labute approximate surface area is 146 Å². The van der Waals surface area contributed by atoms with Gasteiger partial charge in [-0.1, -0.05) is 58.0 Å². The summed E-state index contributed by atoms with van der Waals surface area (Å²) in [6.45, 7) is 0. The Bertz CT molecular complexity index is 594. The van der Waals surface area contributed by atoms with E-state index in [1.165, 1.54) is 6.33 Å². The molecule has 0 aliphatic carbocycles. The van der Waals surface area contributed by atoms with Gasteiger partial charge >= 0.3 is 0 Å². The molecule has 0 spiro atoms. The summed E-state index contributed by atoms with van der Waals surface area (Å²) < 4.78 is -1.66. The minimum absolute atomic E-state index is 0.0670. The second-order valence-electron chi connectivity index (χ2n) is 4.59. The number of rotatable bonds is 4. The van der Waals surface area contributed by atoms with Gasteiger partial charge < -0.3 is 10.1 Å². The standard InChI is InChI=1S/C12H10Cl5N3O/c13-8-1-7(2-9(14)3-8)11(21,5-12(15,16)17)4-10-18-6-19-20-10/h1-3,6,21H,4-5H2,(H,18,19,20). The van der Waals surface area contributed by atoms with Crippen molar-refractivity contribution in [3.05, 3.63) is 46.0 Å². The number of H-pyrrole nitrogens is 1. The van der Waals surface area contributed by atoms with Gasteiger partial charge in [-0.15, -0.1) is 10.2 Å². The van der Waals surface area contributed by atoms with Crippen molar-refractivity contribution < 1.29 is 5.11 Å². The summed E-state index contributed by atoms with van der Waals surface area (Å²) >= 11 is 29.5. The van der Waals surface area contributed by atoms with Crippen LogP contribution in [0, 0.1) is 0 Å². The number of nitrogens with zero attached hydrogens (tertiary/aromatic N) is 2. The van der Waals surface area contributed by atoms with E-state index < -0.39 is 9.39 Å². The second-order valence-corrected chi connectivity index (χ2v) is 7.98. The predicted molar refractivity (Wildman–Crippen MR) is 85.4 cm³/mol. The first-order chi connectivity index (χ1) is 9.68. The van der Waals surface area contributed by atoms with Gasteiger partial charge in [0.15, 0.2) is 3.79 Å². The minimum Gasteiger partial charge on any atom is -0.385 e. The highest BCUT2D eigenvalue weighted by atomic mass is 35.6. The number of aliphatic hydroxyl groups is 1. The zero-order valence-corrected chi connectivity index (χ0v) is 14.2. The van der Waals surface area contributed by atoms with Crippen molar-refractivity contribution in [2.45, 2.75) is 22.2 Å². The molecular weight excluding hydrogens is 379 g/mol. The molecule has 1 unspecified atom stereocenters. The molecule has 2 aromatic rings. The highest BCUT2D eigenvalue weighted by molar-refractivity contribution is 6.67. The summed E-state index contributed by atoms with van der Waals surface area (Å²) in [6.07, 6.45) is 1.30. The van der Waals surface area contributed by atoms with Crippen molar-refractivity contribution in [1.82, 2.24) is 15.2 Å². The molecule has 1 aromatic heterocycles. The molecule has 2 rings (SSSR count). The Hall–Kier alpha value is -0.230. The highest BCUT2D eigenvalue weighted by Crippen LogP contribution is 2.42. The molecule has 1 atom stereocenters. The third-order valence-electron chi connectivity index (χ3n) is 2.82. The third-order valence-corrected chi connectivity index (χ3v) is 3.66. The zero-order chi connectivity index (χ0) is 15.7. The molecule has 21 heavy (non-hydrogen) atoms. The van der Waals surface area contributed by atoms with Gasteiger partial charge in [0.25, 0.3) is 0 Å². The minimum atomic E-state index is -1.66. The van der Waals surface area contributed by atoms with Crippen LogP contribution in [0.15, 0.2) is 24.5 Å². The fraction of sp³-hybridized carbons (Fsp3) is 0.333. The van der Waals surface area contributed by atoms with E-state index in [2.05, 4.69) is 15.2 Å². The molecule has 9 heteroatoms. The van der Waals surface area contributed by atoms with Gasteiger partial charge in [0.2, 0.25) is 0 Å². The average molecular weight is 389 g/mol. The van der Waals surface area contributed by atoms with Crippen LogP contribution >= 0.6 is 58.0 Å². The number of hydrogen-bond donors (Lipinski definition) is 2. The number of alkyl halides is 3. The molecule has 0 aliphatic heterocycles. The smallest absolute Gasteiger partial charge is 0.193 e. The molecule has 0 bridgehead atoms. The summed E-state index contributed by atoms with van der Waals surface area (Å²) in [6, 6.07) is 4.69. The van der Waals surface area contributed by atoms with E-state index in [1.54, 1.807) is 18.2 Å². The van der Waals surface area contributed by atoms with Crippen molar-refractivity contribution in [2.75, 3.05) is 0 Å². The first kappa shape index (κ1) is 17.1. The molecule has 4 nitrogen and oxygen atoms in total.